The van der Waals surface area contributed by atoms with Crippen LogP contribution in [0.5, 0.6) is 5.75 Å². The fourth-order valence-electron chi connectivity index (χ4n) is 4.26. The molecule has 0 spiro atoms. The molecular weight excluding hydrogens is 550 g/mol. The molecular formula is C29H27ClN5O4S-. The maximum Gasteiger partial charge on any atom is 0.141 e. The second kappa shape index (κ2) is 13.1. The third-order valence-corrected chi connectivity index (χ3v) is 7.79. The van der Waals surface area contributed by atoms with E-state index in [9.17, 15) is 9.90 Å². The fraction of sp³-hybridized carbons (Fsp3) is 0.241. The highest BCUT2D eigenvalue weighted by molar-refractivity contribution is 7.99. The first-order chi connectivity index (χ1) is 19.5. The molecule has 0 atom stereocenters. The SMILES string of the molecule is C=C(C(=O)[O-])c1cc2c(Nc3ccc(Sc4ccccn4)c(Cl)c3)ncnc2cc1OCCCN1CCOCC1. The van der Waals surface area contributed by atoms with E-state index in [0.29, 0.717) is 45.4 Å². The van der Waals surface area contributed by atoms with Crippen LogP contribution < -0.4 is 15.2 Å². The second-order valence-corrected chi connectivity index (χ2v) is 10.5. The molecule has 1 saturated heterocycles. The minimum Gasteiger partial charge on any atom is -0.545 e. The quantitative estimate of drug-likeness (QED) is 0.203. The van der Waals surface area contributed by atoms with Crippen molar-refractivity contribution in [1.82, 2.24) is 19.9 Å². The number of halogens is 1. The van der Waals surface area contributed by atoms with Crippen molar-refractivity contribution in [2.75, 3.05) is 44.8 Å². The predicted octanol–water partition coefficient (Wildman–Crippen LogP) is 4.44. The lowest BCUT2D eigenvalue weighted by Gasteiger charge is -2.26. The van der Waals surface area contributed by atoms with Gasteiger partial charge < -0.3 is 24.7 Å². The van der Waals surface area contributed by atoms with E-state index in [0.717, 1.165) is 49.2 Å². The Kier molecular flexibility index (Phi) is 9.12. The van der Waals surface area contributed by atoms with E-state index in [-0.39, 0.29) is 5.57 Å². The average Bonchev–Trinajstić information content (AvgIpc) is 2.97. The Hall–Kier alpha value is -3.70. The number of fused-ring (bicyclic) bond motifs is 1. The van der Waals surface area contributed by atoms with Crippen LogP contribution in [0.1, 0.15) is 12.0 Å². The van der Waals surface area contributed by atoms with Crippen LogP contribution in [0.3, 0.4) is 0 Å². The summed E-state index contributed by atoms with van der Waals surface area (Å²) < 4.78 is 11.4. The van der Waals surface area contributed by atoms with Crippen molar-refractivity contribution in [3.05, 3.63) is 78.2 Å². The minimum absolute atomic E-state index is 0.182. The summed E-state index contributed by atoms with van der Waals surface area (Å²) in [5.41, 5.74) is 1.43. The summed E-state index contributed by atoms with van der Waals surface area (Å²) in [6, 6.07) is 14.7. The van der Waals surface area contributed by atoms with Crippen LogP contribution in [-0.2, 0) is 9.53 Å². The number of nitrogens with zero attached hydrogens (tertiary/aromatic N) is 4. The van der Waals surface area contributed by atoms with Gasteiger partial charge in [-0.05, 0) is 42.8 Å². The Morgan fingerprint density at radius 1 is 1.15 bits per heavy atom. The van der Waals surface area contributed by atoms with Crippen molar-refractivity contribution in [2.24, 2.45) is 0 Å². The lowest BCUT2D eigenvalue weighted by molar-refractivity contribution is -0.295. The Bertz CT molecular complexity index is 1520. The summed E-state index contributed by atoms with van der Waals surface area (Å²) in [6.07, 6.45) is 3.95. The molecule has 4 aromatic rings. The van der Waals surface area contributed by atoms with Gasteiger partial charge in [-0.25, -0.2) is 15.0 Å². The number of pyridine rings is 1. The molecule has 0 saturated carbocycles. The number of carboxylic acids is 1. The molecule has 40 heavy (non-hydrogen) atoms. The molecule has 0 amide bonds. The molecule has 1 N–H and O–H groups in total. The van der Waals surface area contributed by atoms with Gasteiger partial charge in [0, 0.05) is 59.0 Å². The average molecular weight is 577 g/mol. The van der Waals surface area contributed by atoms with Crippen LogP contribution in [0.4, 0.5) is 11.5 Å². The second-order valence-electron chi connectivity index (χ2n) is 9.05. The van der Waals surface area contributed by atoms with Gasteiger partial charge in [-0.1, -0.05) is 36.0 Å². The van der Waals surface area contributed by atoms with Gasteiger partial charge in [0.25, 0.3) is 0 Å². The maximum absolute atomic E-state index is 11.7. The number of anilines is 2. The number of rotatable bonds is 11. The van der Waals surface area contributed by atoms with Crippen LogP contribution >= 0.6 is 23.4 Å². The zero-order valence-corrected chi connectivity index (χ0v) is 23.2. The number of morpholine rings is 1. The smallest absolute Gasteiger partial charge is 0.141 e. The summed E-state index contributed by atoms with van der Waals surface area (Å²) in [7, 11) is 0. The molecule has 206 valence electrons. The summed E-state index contributed by atoms with van der Waals surface area (Å²) in [5.74, 6) is -0.513. The molecule has 1 aliphatic rings. The summed E-state index contributed by atoms with van der Waals surface area (Å²) in [4.78, 5) is 28.0. The van der Waals surface area contributed by atoms with Crippen molar-refractivity contribution >= 4 is 57.3 Å². The van der Waals surface area contributed by atoms with E-state index in [2.05, 4.69) is 31.7 Å². The van der Waals surface area contributed by atoms with Crippen LogP contribution in [0.2, 0.25) is 5.02 Å². The Balaban J connectivity index is 1.36. The number of hydrogen-bond donors (Lipinski definition) is 1. The molecule has 0 radical (unpaired) electrons. The lowest BCUT2D eigenvalue weighted by Crippen LogP contribution is -2.37. The van der Waals surface area contributed by atoms with E-state index in [1.807, 2.05) is 30.3 Å². The van der Waals surface area contributed by atoms with Gasteiger partial charge >= 0.3 is 0 Å². The third-order valence-electron chi connectivity index (χ3n) is 6.34. The standard InChI is InChI=1S/C29H28ClN5O4S/c1-19(29(36)37)21-16-22-24(17-25(21)39-12-4-9-35-10-13-38-14-11-35)32-18-33-28(22)34-20-6-7-26(23(30)15-20)40-27-5-2-3-8-31-27/h2-3,5-8,15-18H,1,4,9-14H2,(H,36,37)(H,32,33,34)/p-1. The highest BCUT2D eigenvalue weighted by Crippen LogP contribution is 2.36. The molecule has 1 aliphatic heterocycles. The highest BCUT2D eigenvalue weighted by atomic mass is 35.5. The summed E-state index contributed by atoms with van der Waals surface area (Å²) in [6.45, 7) is 8.25. The van der Waals surface area contributed by atoms with Gasteiger partial charge in [-0.3, -0.25) is 4.90 Å². The zero-order chi connectivity index (χ0) is 27.9. The highest BCUT2D eigenvalue weighted by Gasteiger charge is 2.16. The van der Waals surface area contributed by atoms with Crippen LogP contribution in [0, 0.1) is 0 Å². The van der Waals surface area contributed by atoms with E-state index in [1.54, 1.807) is 24.4 Å². The van der Waals surface area contributed by atoms with Gasteiger partial charge in [0.1, 0.15) is 22.9 Å². The molecule has 3 heterocycles. The van der Waals surface area contributed by atoms with Crippen LogP contribution in [0.15, 0.2) is 77.6 Å². The van der Waals surface area contributed by atoms with E-state index in [4.69, 9.17) is 21.1 Å². The largest absolute Gasteiger partial charge is 0.545 e. The normalized spacial score (nSPS) is 13.7. The molecule has 2 aromatic carbocycles. The molecule has 1 fully saturated rings. The first-order valence-electron chi connectivity index (χ1n) is 12.8. The number of nitrogens with one attached hydrogen (secondary N) is 1. The molecule has 0 aliphatic carbocycles. The number of hydrogen-bond acceptors (Lipinski definition) is 10. The predicted molar refractivity (Wildman–Crippen MR) is 154 cm³/mol. The van der Waals surface area contributed by atoms with Gasteiger partial charge in [0.15, 0.2) is 0 Å². The molecule has 5 rings (SSSR count). The molecule has 9 nitrogen and oxygen atoms in total. The Morgan fingerprint density at radius 3 is 2.75 bits per heavy atom. The maximum atomic E-state index is 11.7. The molecule has 2 aromatic heterocycles. The first kappa shape index (κ1) is 27.9. The number of ether oxygens (including phenoxy) is 2. The monoisotopic (exact) mass is 576 g/mol. The van der Waals surface area contributed by atoms with Gasteiger partial charge in [-0.2, -0.15) is 0 Å². The summed E-state index contributed by atoms with van der Waals surface area (Å²) >= 11 is 8.03. The fourth-order valence-corrected chi connectivity index (χ4v) is 5.34. The van der Waals surface area contributed by atoms with Crippen molar-refractivity contribution in [2.45, 2.75) is 16.3 Å². The zero-order valence-electron chi connectivity index (χ0n) is 21.6. The van der Waals surface area contributed by atoms with Gasteiger partial charge in [-0.15, -0.1) is 0 Å². The molecule has 0 unspecified atom stereocenters. The Morgan fingerprint density at radius 2 is 2.00 bits per heavy atom. The van der Waals surface area contributed by atoms with Crippen LogP contribution in [0.25, 0.3) is 16.5 Å². The van der Waals surface area contributed by atoms with E-state index in [1.165, 1.54) is 18.1 Å². The van der Waals surface area contributed by atoms with Crippen molar-refractivity contribution in [1.29, 1.82) is 0 Å². The van der Waals surface area contributed by atoms with Gasteiger partial charge in [0.2, 0.25) is 0 Å². The van der Waals surface area contributed by atoms with Crippen molar-refractivity contribution in [3.63, 3.8) is 0 Å². The first-order valence-corrected chi connectivity index (χ1v) is 13.9. The van der Waals surface area contributed by atoms with E-state index >= 15 is 0 Å². The molecule has 0 bridgehead atoms. The number of carbonyl (C=O) groups is 1. The number of aromatic nitrogens is 3. The number of carbonyl (C=O) groups excluding carboxylic acids is 1. The Labute approximate surface area is 241 Å². The number of aliphatic carboxylic acids is 1. The van der Waals surface area contributed by atoms with E-state index < -0.39 is 5.97 Å². The summed E-state index contributed by atoms with van der Waals surface area (Å²) in [5, 5.41) is 17.0. The van der Waals surface area contributed by atoms with Crippen LogP contribution in [-0.4, -0.2) is 65.3 Å². The topological polar surface area (TPSA) is 113 Å². The number of benzene rings is 2. The number of carboxylic acid groups (broad SMARTS) is 1. The van der Waals surface area contributed by atoms with Gasteiger partial charge in [0.05, 0.1) is 36.3 Å². The molecule has 11 heteroatoms. The van der Waals surface area contributed by atoms with Crippen molar-refractivity contribution in [3.8, 4) is 5.75 Å². The minimum atomic E-state index is -1.38. The van der Waals surface area contributed by atoms with Crippen molar-refractivity contribution < 1.29 is 19.4 Å². The third kappa shape index (κ3) is 6.89. The lowest BCUT2D eigenvalue weighted by atomic mass is 10.0.